The van der Waals surface area contributed by atoms with Crippen LogP contribution < -0.4 is 16.0 Å². The fourth-order valence-electron chi connectivity index (χ4n) is 4.25. The van der Waals surface area contributed by atoms with Gasteiger partial charge in [0.1, 0.15) is 6.04 Å². The van der Waals surface area contributed by atoms with Gasteiger partial charge in [-0.25, -0.2) is 0 Å². The van der Waals surface area contributed by atoms with Crippen LogP contribution in [0.2, 0.25) is 0 Å². The lowest BCUT2D eigenvalue weighted by molar-refractivity contribution is -0.122. The SMILES string of the molecule is O=C(CC[C@H]1NC(=O)c2ccccc2NC1=O)NC[C@@H]1C[C@@H]2C=C[C@H]1C2. The van der Waals surface area contributed by atoms with Crippen molar-refractivity contribution >= 4 is 23.4 Å². The summed E-state index contributed by atoms with van der Waals surface area (Å²) in [5.41, 5.74) is 0.948. The first-order valence-electron chi connectivity index (χ1n) is 9.26. The minimum Gasteiger partial charge on any atom is -0.356 e. The molecule has 1 aromatic carbocycles. The van der Waals surface area contributed by atoms with Crippen molar-refractivity contribution in [3.05, 3.63) is 42.0 Å². The summed E-state index contributed by atoms with van der Waals surface area (Å²) >= 11 is 0. The Morgan fingerprint density at radius 3 is 2.77 bits per heavy atom. The summed E-state index contributed by atoms with van der Waals surface area (Å²) in [6.45, 7) is 0.693. The predicted molar refractivity (Wildman–Crippen MR) is 97.4 cm³/mol. The molecule has 26 heavy (non-hydrogen) atoms. The number of carbonyl (C=O) groups is 3. The van der Waals surface area contributed by atoms with Gasteiger partial charge >= 0.3 is 0 Å². The van der Waals surface area contributed by atoms with Crippen molar-refractivity contribution in [3.8, 4) is 0 Å². The third-order valence-electron chi connectivity index (χ3n) is 5.69. The van der Waals surface area contributed by atoms with Crippen molar-refractivity contribution in [2.75, 3.05) is 11.9 Å². The lowest BCUT2D eigenvalue weighted by Gasteiger charge is -2.19. The van der Waals surface area contributed by atoms with Crippen LogP contribution in [0, 0.1) is 17.8 Å². The molecule has 3 N–H and O–H groups in total. The molecular weight excluding hydrogens is 330 g/mol. The van der Waals surface area contributed by atoms with Crippen LogP contribution in [0.5, 0.6) is 0 Å². The number of hydrogen-bond acceptors (Lipinski definition) is 3. The number of nitrogens with one attached hydrogen (secondary N) is 3. The Balaban J connectivity index is 1.27. The number of hydrogen-bond donors (Lipinski definition) is 3. The van der Waals surface area contributed by atoms with Crippen LogP contribution in [0.1, 0.15) is 36.0 Å². The summed E-state index contributed by atoms with van der Waals surface area (Å²) in [6.07, 6.45) is 7.43. The number of benzene rings is 1. The van der Waals surface area contributed by atoms with Crippen LogP contribution >= 0.6 is 0 Å². The molecule has 3 aliphatic rings. The normalized spacial score (nSPS) is 28.9. The Hall–Kier alpha value is -2.63. The van der Waals surface area contributed by atoms with Crippen LogP contribution in [0.15, 0.2) is 36.4 Å². The minimum absolute atomic E-state index is 0.0689. The zero-order valence-electron chi connectivity index (χ0n) is 14.5. The van der Waals surface area contributed by atoms with E-state index in [1.807, 2.05) is 0 Å². The van der Waals surface area contributed by atoms with Crippen molar-refractivity contribution in [2.45, 2.75) is 31.7 Å². The van der Waals surface area contributed by atoms with Gasteiger partial charge in [-0.3, -0.25) is 14.4 Å². The average Bonchev–Trinajstić information content (AvgIpc) is 3.23. The Bertz CT molecular complexity index is 773. The zero-order valence-corrected chi connectivity index (χ0v) is 14.5. The van der Waals surface area contributed by atoms with Gasteiger partial charge in [-0.1, -0.05) is 24.3 Å². The van der Waals surface area contributed by atoms with Crippen molar-refractivity contribution in [3.63, 3.8) is 0 Å². The number of allylic oxidation sites excluding steroid dienone is 2. The first-order valence-corrected chi connectivity index (χ1v) is 9.26. The highest BCUT2D eigenvalue weighted by molar-refractivity contribution is 6.09. The van der Waals surface area contributed by atoms with Gasteiger partial charge in [0, 0.05) is 13.0 Å². The molecule has 6 heteroatoms. The molecule has 0 aromatic heterocycles. The molecular formula is C20H23N3O3. The fraction of sp³-hybridized carbons (Fsp3) is 0.450. The Morgan fingerprint density at radius 1 is 1.15 bits per heavy atom. The van der Waals surface area contributed by atoms with Gasteiger partial charge in [0.15, 0.2) is 0 Å². The summed E-state index contributed by atoms with van der Waals surface area (Å²) in [7, 11) is 0. The van der Waals surface area contributed by atoms with Gasteiger partial charge in [-0.15, -0.1) is 0 Å². The maximum absolute atomic E-state index is 12.3. The molecule has 2 aliphatic carbocycles. The van der Waals surface area contributed by atoms with Gasteiger partial charge < -0.3 is 16.0 Å². The van der Waals surface area contributed by atoms with E-state index in [4.69, 9.17) is 0 Å². The maximum atomic E-state index is 12.3. The van der Waals surface area contributed by atoms with Crippen LogP contribution in [-0.4, -0.2) is 30.3 Å². The van der Waals surface area contributed by atoms with Crippen LogP contribution in [0.25, 0.3) is 0 Å². The van der Waals surface area contributed by atoms with E-state index in [0.29, 0.717) is 35.5 Å². The smallest absolute Gasteiger partial charge is 0.254 e. The second-order valence-corrected chi connectivity index (χ2v) is 7.44. The molecule has 136 valence electrons. The molecule has 1 heterocycles. The van der Waals surface area contributed by atoms with Crippen LogP contribution in [0.3, 0.4) is 0 Å². The Labute approximate surface area is 152 Å². The van der Waals surface area contributed by atoms with Gasteiger partial charge in [-0.2, -0.15) is 0 Å². The van der Waals surface area contributed by atoms with Gasteiger partial charge in [0.25, 0.3) is 5.91 Å². The highest BCUT2D eigenvalue weighted by Gasteiger charge is 2.35. The largest absolute Gasteiger partial charge is 0.356 e. The van der Waals surface area contributed by atoms with Crippen LogP contribution in [0.4, 0.5) is 5.69 Å². The number of anilines is 1. The summed E-state index contributed by atoms with van der Waals surface area (Å²) in [6, 6.07) is 6.19. The molecule has 3 amide bonds. The van der Waals surface area contributed by atoms with E-state index in [2.05, 4.69) is 28.1 Å². The van der Waals surface area contributed by atoms with Crippen molar-refractivity contribution < 1.29 is 14.4 Å². The van der Waals surface area contributed by atoms with E-state index in [9.17, 15) is 14.4 Å². The average molecular weight is 353 g/mol. The van der Waals surface area contributed by atoms with Crippen molar-refractivity contribution in [1.82, 2.24) is 10.6 Å². The molecule has 1 aromatic rings. The molecule has 6 nitrogen and oxygen atoms in total. The summed E-state index contributed by atoms with van der Waals surface area (Å²) in [5, 5.41) is 8.47. The highest BCUT2D eigenvalue weighted by Crippen LogP contribution is 2.42. The van der Waals surface area contributed by atoms with Crippen LogP contribution in [-0.2, 0) is 9.59 Å². The summed E-state index contributed by atoms with van der Waals surface area (Å²) in [4.78, 5) is 36.8. The lowest BCUT2D eigenvalue weighted by atomic mass is 9.93. The molecule has 0 radical (unpaired) electrons. The van der Waals surface area contributed by atoms with Gasteiger partial charge in [0.05, 0.1) is 11.3 Å². The van der Waals surface area contributed by atoms with Gasteiger partial charge in [0.2, 0.25) is 11.8 Å². The quantitative estimate of drug-likeness (QED) is 0.706. The number of para-hydroxylation sites is 1. The first-order chi connectivity index (χ1) is 12.6. The molecule has 1 saturated carbocycles. The Morgan fingerprint density at radius 2 is 2.00 bits per heavy atom. The fourth-order valence-corrected chi connectivity index (χ4v) is 4.25. The van der Waals surface area contributed by atoms with E-state index in [1.54, 1.807) is 24.3 Å². The molecule has 1 fully saturated rings. The lowest BCUT2D eigenvalue weighted by Crippen LogP contribution is -2.42. The predicted octanol–water partition coefficient (Wildman–Crippen LogP) is 1.85. The number of fused-ring (bicyclic) bond motifs is 3. The zero-order chi connectivity index (χ0) is 18.1. The summed E-state index contributed by atoms with van der Waals surface area (Å²) < 4.78 is 0. The maximum Gasteiger partial charge on any atom is 0.254 e. The molecule has 0 unspecified atom stereocenters. The number of rotatable bonds is 5. The Kier molecular flexibility index (Phi) is 4.49. The number of carbonyl (C=O) groups excluding carboxylic acids is 3. The van der Waals surface area contributed by atoms with Crippen molar-refractivity contribution in [1.29, 1.82) is 0 Å². The first kappa shape index (κ1) is 16.8. The molecule has 0 spiro atoms. The van der Waals surface area contributed by atoms with Crippen molar-refractivity contribution in [2.24, 2.45) is 17.8 Å². The molecule has 0 saturated heterocycles. The van der Waals surface area contributed by atoms with E-state index in [0.717, 1.165) is 6.42 Å². The second-order valence-electron chi connectivity index (χ2n) is 7.44. The standard InChI is InChI=1S/C20H23N3O3/c24-18(21-11-14-10-12-5-6-13(14)9-12)8-7-17-20(26)22-16-4-2-1-3-15(16)19(25)23-17/h1-6,12-14,17H,7-11H2,(H,21,24)(H,22,26)(H,23,25)/t12-,13+,14+,17-/m1/s1. The number of amides is 3. The highest BCUT2D eigenvalue weighted by atomic mass is 16.2. The third-order valence-corrected chi connectivity index (χ3v) is 5.69. The summed E-state index contributed by atoms with van der Waals surface area (Å²) in [5.74, 6) is 1.18. The van der Waals surface area contributed by atoms with Gasteiger partial charge in [-0.05, 0) is 49.1 Å². The monoisotopic (exact) mass is 353 g/mol. The molecule has 4 atom stereocenters. The topological polar surface area (TPSA) is 87.3 Å². The van der Waals surface area contributed by atoms with E-state index in [-0.39, 0.29) is 30.6 Å². The van der Waals surface area contributed by atoms with E-state index in [1.165, 1.54) is 6.42 Å². The van der Waals surface area contributed by atoms with E-state index >= 15 is 0 Å². The molecule has 1 aliphatic heterocycles. The molecule has 2 bridgehead atoms. The minimum atomic E-state index is -0.703. The van der Waals surface area contributed by atoms with E-state index < -0.39 is 6.04 Å². The molecule has 4 rings (SSSR count). The second kappa shape index (κ2) is 6.94. The third kappa shape index (κ3) is 3.36.